The maximum absolute atomic E-state index is 14.5. The molecule has 0 saturated carbocycles. The molecule has 0 radical (unpaired) electrons. The predicted octanol–water partition coefficient (Wildman–Crippen LogP) is 4.54. The van der Waals surface area contributed by atoms with Crippen LogP contribution in [-0.4, -0.2) is 27.1 Å². The summed E-state index contributed by atoms with van der Waals surface area (Å²) in [5, 5.41) is 0. The molecule has 0 spiro atoms. The first-order chi connectivity index (χ1) is 16.3. The molecule has 0 amide bonds. The molecule has 178 valence electrons. The van der Waals surface area contributed by atoms with Crippen molar-refractivity contribution in [3.63, 3.8) is 0 Å². The van der Waals surface area contributed by atoms with Crippen LogP contribution in [0.4, 0.5) is 23.4 Å². The summed E-state index contributed by atoms with van der Waals surface area (Å²) >= 11 is 0. The van der Waals surface area contributed by atoms with Crippen LogP contribution in [0.25, 0.3) is 0 Å². The molecular weight excluding hydrogens is 456 g/mol. The fourth-order valence-electron chi connectivity index (χ4n) is 4.27. The van der Waals surface area contributed by atoms with Crippen LogP contribution in [0.1, 0.15) is 30.5 Å². The smallest absolute Gasteiger partial charge is 0.433 e. The van der Waals surface area contributed by atoms with E-state index in [0.29, 0.717) is 18.2 Å². The summed E-state index contributed by atoms with van der Waals surface area (Å²) in [6.07, 6.45) is -0.446. The summed E-state index contributed by atoms with van der Waals surface area (Å²) in [6, 6.07) is 7.95. The first-order valence-electron chi connectivity index (χ1n) is 10.8. The lowest BCUT2D eigenvalue weighted by atomic mass is 10.0. The summed E-state index contributed by atoms with van der Waals surface area (Å²) in [4.78, 5) is 21.9. The molecule has 7 nitrogen and oxygen atoms in total. The number of hydrogen-bond donors (Lipinski definition) is 0. The molecule has 34 heavy (non-hydrogen) atoms. The summed E-state index contributed by atoms with van der Waals surface area (Å²) in [5.41, 5.74) is -0.973. The first kappa shape index (κ1) is 22.2. The van der Waals surface area contributed by atoms with E-state index in [2.05, 4.69) is 14.9 Å². The Morgan fingerprint density at radius 3 is 2.71 bits per heavy atom. The second kappa shape index (κ2) is 8.62. The van der Waals surface area contributed by atoms with Crippen LogP contribution in [-0.2, 0) is 19.3 Å². The van der Waals surface area contributed by atoms with Gasteiger partial charge in [0.2, 0.25) is 5.88 Å². The molecule has 11 heteroatoms. The van der Waals surface area contributed by atoms with E-state index in [4.69, 9.17) is 9.47 Å². The van der Waals surface area contributed by atoms with Gasteiger partial charge in [0.15, 0.2) is 11.6 Å². The van der Waals surface area contributed by atoms with Gasteiger partial charge in [0.05, 0.1) is 6.20 Å². The van der Waals surface area contributed by atoms with Crippen molar-refractivity contribution in [3.8, 4) is 17.4 Å². The Morgan fingerprint density at radius 1 is 1.12 bits per heavy atom. The maximum atomic E-state index is 14.5. The van der Waals surface area contributed by atoms with Crippen LogP contribution in [0.3, 0.4) is 0 Å². The molecule has 2 aromatic heterocycles. The third-order valence-corrected chi connectivity index (χ3v) is 5.92. The molecule has 3 aromatic rings. The molecule has 1 atom stereocenters. The zero-order valence-electron chi connectivity index (χ0n) is 17.9. The van der Waals surface area contributed by atoms with Crippen molar-refractivity contribution in [1.29, 1.82) is 0 Å². The molecule has 0 aliphatic carbocycles. The summed E-state index contributed by atoms with van der Waals surface area (Å²) in [6.45, 7) is 1.48. The van der Waals surface area contributed by atoms with Crippen LogP contribution < -0.4 is 20.1 Å². The lowest BCUT2D eigenvalue weighted by molar-refractivity contribution is -0.141. The Labute approximate surface area is 191 Å². The van der Waals surface area contributed by atoms with Gasteiger partial charge in [-0.3, -0.25) is 4.57 Å². The molecule has 1 fully saturated rings. The number of benzene rings is 1. The number of pyridine rings is 1. The maximum Gasteiger partial charge on any atom is 0.433 e. The Morgan fingerprint density at radius 2 is 1.97 bits per heavy atom. The highest BCUT2D eigenvalue weighted by atomic mass is 19.4. The van der Waals surface area contributed by atoms with Crippen molar-refractivity contribution in [1.82, 2.24) is 14.5 Å². The molecule has 2 aliphatic heterocycles. The van der Waals surface area contributed by atoms with Crippen LogP contribution in [0.2, 0.25) is 0 Å². The van der Waals surface area contributed by atoms with E-state index in [1.807, 2.05) is 0 Å². The van der Waals surface area contributed by atoms with Gasteiger partial charge in [0.25, 0.3) is 0 Å². The highest BCUT2D eigenvalue weighted by Crippen LogP contribution is 2.33. The zero-order valence-corrected chi connectivity index (χ0v) is 17.9. The molecule has 5 rings (SSSR count). The van der Waals surface area contributed by atoms with E-state index in [-0.39, 0.29) is 29.7 Å². The van der Waals surface area contributed by atoms with E-state index in [1.165, 1.54) is 12.1 Å². The summed E-state index contributed by atoms with van der Waals surface area (Å²) in [5.74, 6) is 0.0306. The molecular formula is C23H20F4N4O3. The SMILES string of the molecule is O=c1nc(OCc2ccc(Oc3ccc(C(F)(F)F)nc3)c(F)c2)cc2n1CC1CCCCN21. The Kier molecular flexibility index (Phi) is 5.62. The molecule has 2 aliphatic rings. The number of anilines is 1. The summed E-state index contributed by atoms with van der Waals surface area (Å²) < 4.78 is 65.0. The number of halogens is 4. The van der Waals surface area contributed by atoms with Crippen molar-refractivity contribution in [3.05, 3.63) is 70.2 Å². The number of aromatic nitrogens is 3. The van der Waals surface area contributed by atoms with Gasteiger partial charge >= 0.3 is 11.9 Å². The fraction of sp³-hybridized carbons (Fsp3) is 0.348. The average Bonchev–Trinajstić information content (AvgIpc) is 3.18. The Balaban J connectivity index is 1.26. The van der Waals surface area contributed by atoms with Gasteiger partial charge in [-0.25, -0.2) is 14.2 Å². The minimum absolute atomic E-state index is 0.0294. The number of piperidine rings is 1. The van der Waals surface area contributed by atoms with Gasteiger partial charge < -0.3 is 14.4 Å². The Hall–Kier alpha value is -3.63. The first-order valence-corrected chi connectivity index (χ1v) is 10.8. The second-order valence-electron chi connectivity index (χ2n) is 8.22. The normalized spacial score (nSPS) is 17.3. The van der Waals surface area contributed by atoms with Gasteiger partial charge in [-0.15, -0.1) is 0 Å². The lowest BCUT2D eigenvalue weighted by Crippen LogP contribution is -2.36. The molecule has 4 heterocycles. The van der Waals surface area contributed by atoms with Crippen LogP contribution in [0.5, 0.6) is 17.4 Å². The van der Waals surface area contributed by atoms with Gasteiger partial charge in [-0.05, 0) is 49.1 Å². The quantitative estimate of drug-likeness (QED) is 0.504. The third kappa shape index (κ3) is 4.42. The monoisotopic (exact) mass is 476 g/mol. The van der Waals surface area contributed by atoms with E-state index in [0.717, 1.165) is 50.0 Å². The van der Waals surface area contributed by atoms with Crippen LogP contribution in [0, 0.1) is 5.82 Å². The van der Waals surface area contributed by atoms with Crippen molar-refractivity contribution in [2.45, 2.75) is 44.6 Å². The minimum atomic E-state index is -4.57. The number of ether oxygens (including phenoxy) is 2. The number of fused-ring (bicyclic) bond motifs is 3. The number of rotatable bonds is 5. The van der Waals surface area contributed by atoms with Gasteiger partial charge in [0.1, 0.15) is 23.9 Å². The summed E-state index contributed by atoms with van der Waals surface area (Å²) in [7, 11) is 0. The number of alkyl halides is 3. The Bertz CT molecular complexity index is 1260. The second-order valence-corrected chi connectivity index (χ2v) is 8.22. The minimum Gasteiger partial charge on any atom is -0.473 e. The van der Waals surface area contributed by atoms with Crippen molar-refractivity contribution >= 4 is 5.82 Å². The molecule has 0 bridgehead atoms. The molecule has 1 aromatic carbocycles. The predicted molar refractivity (Wildman–Crippen MR) is 114 cm³/mol. The van der Waals surface area contributed by atoms with Crippen LogP contribution in [0.15, 0.2) is 47.4 Å². The largest absolute Gasteiger partial charge is 0.473 e. The van der Waals surface area contributed by atoms with E-state index in [1.54, 1.807) is 16.7 Å². The van der Waals surface area contributed by atoms with Crippen molar-refractivity contribution in [2.24, 2.45) is 0 Å². The topological polar surface area (TPSA) is 69.5 Å². The highest BCUT2D eigenvalue weighted by molar-refractivity contribution is 5.47. The zero-order chi connectivity index (χ0) is 23.9. The molecule has 1 unspecified atom stereocenters. The highest BCUT2D eigenvalue weighted by Gasteiger charge is 2.33. The number of nitrogens with zero attached hydrogens (tertiary/aromatic N) is 4. The lowest BCUT2D eigenvalue weighted by Gasteiger charge is -2.30. The van der Waals surface area contributed by atoms with E-state index >= 15 is 0 Å². The van der Waals surface area contributed by atoms with E-state index < -0.39 is 17.7 Å². The number of hydrogen-bond acceptors (Lipinski definition) is 6. The molecule has 0 N–H and O–H groups in total. The van der Waals surface area contributed by atoms with Gasteiger partial charge in [0, 0.05) is 25.2 Å². The molecule has 1 saturated heterocycles. The standard InChI is InChI=1S/C23H20F4N4O3/c24-17-9-14(4-6-18(17)34-16-5-7-19(28-11-16)23(25,26)27)13-33-20-10-21-30-8-2-1-3-15(30)12-31(21)22(32)29-20/h4-7,9-11,15H,1-3,8,12-13H2. The van der Waals surface area contributed by atoms with Gasteiger partial charge in [-0.2, -0.15) is 18.2 Å². The van der Waals surface area contributed by atoms with Crippen LogP contribution >= 0.6 is 0 Å². The van der Waals surface area contributed by atoms with Crippen molar-refractivity contribution < 1.29 is 27.0 Å². The third-order valence-electron chi connectivity index (χ3n) is 5.92. The fourth-order valence-corrected chi connectivity index (χ4v) is 4.27. The van der Waals surface area contributed by atoms with Crippen molar-refractivity contribution in [2.75, 3.05) is 11.4 Å². The van der Waals surface area contributed by atoms with Gasteiger partial charge in [-0.1, -0.05) is 6.07 Å². The van der Waals surface area contributed by atoms with E-state index in [9.17, 15) is 22.4 Å². The average molecular weight is 476 g/mol.